The van der Waals surface area contributed by atoms with E-state index in [9.17, 15) is 40.2 Å². The van der Waals surface area contributed by atoms with Crippen molar-refractivity contribution >= 4 is 11.8 Å². The van der Waals surface area contributed by atoms with Crippen LogP contribution in [0.1, 0.15) is 12.8 Å². The zero-order valence-electron chi connectivity index (χ0n) is 15.1. The smallest absolute Gasteiger partial charge is 0.236 e. The predicted octanol–water partition coefficient (Wildman–Crippen LogP) is -6.62. The summed E-state index contributed by atoms with van der Waals surface area (Å²) >= 11 is 0. The minimum absolute atomic E-state index is 0.490. The van der Waals surface area contributed by atoms with Crippen LogP contribution in [0, 0.1) is 0 Å². The van der Waals surface area contributed by atoms with E-state index in [0.29, 0.717) is 0 Å². The quantitative estimate of drug-likeness (QED) is 0.108. The zero-order valence-corrected chi connectivity index (χ0v) is 15.1. The van der Waals surface area contributed by atoms with Gasteiger partial charge in [-0.1, -0.05) is 0 Å². The molecule has 0 spiro atoms. The Hall–Kier alpha value is -1.50. The van der Waals surface area contributed by atoms with E-state index in [1.807, 2.05) is 10.9 Å². The van der Waals surface area contributed by atoms with E-state index in [4.69, 9.17) is 25.9 Å². The fraction of sp³-hybridized carbons (Fsp3) is 0.857. The summed E-state index contributed by atoms with van der Waals surface area (Å²) in [5.74, 6) is 8.46. The van der Waals surface area contributed by atoms with Gasteiger partial charge in [-0.2, -0.15) is 0 Å². The van der Waals surface area contributed by atoms with Crippen LogP contribution in [-0.2, 0) is 23.8 Å². The average molecular weight is 426 g/mol. The number of amides is 2. The van der Waals surface area contributed by atoms with Gasteiger partial charge >= 0.3 is 0 Å². The lowest BCUT2D eigenvalue weighted by Gasteiger charge is -2.44. The molecule has 2 fully saturated rings. The molecule has 0 saturated carbocycles. The van der Waals surface area contributed by atoms with E-state index in [1.165, 1.54) is 0 Å². The molecule has 0 radical (unpaired) electrons. The number of rotatable bonds is 6. The number of hydrogen-bond acceptors (Lipinski definition) is 13. The topological polar surface area (TPSA) is 259 Å². The summed E-state index contributed by atoms with van der Waals surface area (Å²) in [5, 5.41) is 60.0. The molecule has 2 aliphatic heterocycles. The molecule has 168 valence electrons. The van der Waals surface area contributed by atoms with Gasteiger partial charge < -0.3 is 44.8 Å². The van der Waals surface area contributed by atoms with E-state index in [-0.39, 0.29) is 0 Å². The molecule has 4 unspecified atom stereocenters. The molecule has 15 nitrogen and oxygen atoms in total. The number of hydrazine groups is 2. The number of aliphatic hydroxyl groups excluding tert-OH is 6. The Labute approximate surface area is 164 Å². The Balaban J connectivity index is 2.11. The first-order valence-corrected chi connectivity index (χ1v) is 8.64. The maximum Gasteiger partial charge on any atom is 0.236 e. The van der Waals surface area contributed by atoms with Crippen LogP contribution in [-0.4, -0.2) is 104 Å². The number of carbonyl (C=O) groups is 2. The van der Waals surface area contributed by atoms with Crippen molar-refractivity contribution in [2.75, 3.05) is 0 Å². The Morgan fingerprint density at radius 3 is 1.34 bits per heavy atom. The van der Waals surface area contributed by atoms with Crippen molar-refractivity contribution in [3.8, 4) is 0 Å². The van der Waals surface area contributed by atoms with Crippen LogP contribution in [0.5, 0.6) is 0 Å². The summed E-state index contributed by atoms with van der Waals surface area (Å²) in [6, 6.07) is 0. The van der Waals surface area contributed by atoms with E-state index in [1.54, 1.807) is 0 Å². The van der Waals surface area contributed by atoms with Crippen LogP contribution in [0.15, 0.2) is 0 Å². The van der Waals surface area contributed by atoms with Crippen LogP contribution in [0.25, 0.3) is 0 Å². The zero-order chi connectivity index (χ0) is 21.9. The van der Waals surface area contributed by atoms with Crippen molar-refractivity contribution < 1.29 is 54.4 Å². The van der Waals surface area contributed by atoms with E-state index in [2.05, 4.69) is 0 Å². The lowest BCUT2D eigenvalue weighted by atomic mass is 9.95. The highest BCUT2D eigenvalue weighted by atomic mass is 16.8. The first-order chi connectivity index (χ1) is 13.6. The van der Waals surface area contributed by atoms with Gasteiger partial charge in [-0.3, -0.25) is 20.4 Å². The summed E-state index contributed by atoms with van der Waals surface area (Å²) in [6.45, 7) is 0. The largest absolute Gasteiger partial charge is 0.388 e. The Kier molecular flexibility index (Phi) is 8.20. The van der Waals surface area contributed by atoms with Crippen LogP contribution in [0.2, 0.25) is 0 Å². The van der Waals surface area contributed by atoms with Crippen LogP contribution in [0.4, 0.5) is 0 Å². The SMILES string of the molecule is NNC(=O)CC1O[C@H](O[C@H]2OC(CC(=O)NN)[C@@H](O)[C@H](O)C2O)C(O)[C@@H](O)[C@@H]1O. The summed E-state index contributed by atoms with van der Waals surface area (Å²) in [6.07, 6.45) is -17.6. The van der Waals surface area contributed by atoms with Crippen molar-refractivity contribution in [3.05, 3.63) is 0 Å². The minimum Gasteiger partial charge on any atom is -0.388 e. The molecule has 2 aliphatic rings. The number of nitrogens with two attached hydrogens (primary N) is 2. The third-order valence-corrected chi connectivity index (χ3v) is 4.70. The van der Waals surface area contributed by atoms with E-state index < -0.39 is 86.1 Å². The molecule has 15 heteroatoms. The van der Waals surface area contributed by atoms with Gasteiger partial charge in [0.05, 0.1) is 25.0 Å². The molecule has 2 amide bonds. The Bertz CT molecular complexity index is 536. The molecule has 29 heavy (non-hydrogen) atoms. The first kappa shape index (κ1) is 23.8. The van der Waals surface area contributed by atoms with Crippen LogP contribution in [0.3, 0.4) is 0 Å². The highest BCUT2D eigenvalue weighted by Crippen LogP contribution is 2.29. The number of nitrogens with one attached hydrogen (secondary N) is 2. The molecule has 2 rings (SSSR count). The fourth-order valence-corrected chi connectivity index (χ4v) is 3.01. The Morgan fingerprint density at radius 1 is 0.690 bits per heavy atom. The predicted molar refractivity (Wildman–Crippen MR) is 88.3 cm³/mol. The molecule has 0 bridgehead atoms. The van der Waals surface area contributed by atoms with Crippen LogP contribution < -0.4 is 22.5 Å². The third-order valence-electron chi connectivity index (χ3n) is 4.70. The van der Waals surface area contributed by atoms with Gasteiger partial charge in [-0.05, 0) is 0 Å². The third kappa shape index (κ3) is 5.36. The molecule has 0 aromatic carbocycles. The van der Waals surface area contributed by atoms with Gasteiger partial charge in [0.15, 0.2) is 12.6 Å². The molecule has 12 N–H and O–H groups in total. The van der Waals surface area contributed by atoms with Gasteiger partial charge in [0.2, 0.25) is 11.8 Å². The van der Waals surface area contributed by atoms with Crippen molar-refractivity contribution in [2.45, 2.75) is 74.3 Å². The number of ether oxygens (including phenoxy) is 3. The number of carbonyl (C=O) groups excluding carboxylic acids is 2. The second kappa shape index (κ2) is 10.0. The minimum atomic E-state index is -1.83. The second-order valence-electron chi connectivity index (χ2n) is 6.71. The molecule has 2 saturated heterocycles. The molecule has 0 aliphatic carbocycles. The van der Waals surface area contributed by atoms with Crippen molar-refractivity contribution in [3.63, 3.8) is 0 Å². The van der Waals surface area contributed by atoms with Crippen molar-refractivity contribution in [1.82, 2.24) is 10.9 Å². The van der Waals surface area contributed by atoms with Crippen molar-refractivity contribution in [1.29, 1.82) is 0 Å². The first-order valence-electron chi connectivity index (χ1n) is 8.64. The van der Waals surface area contributed by atoms with Gasteiger partial charge in [0, 0.05) is 0 Å². The highest BCUT2D eigenvalue weighted by Gasteiger charge is 2.50. The van der Waals surface area contributed by atoms with Gasteiger partial charge in [-0.25, -0.2) is 11.7 Å². The molecule has 10 atom stereocenters. The maximum atomic E-state index is 11.4. The van der Waals surface area contributed by atoms with Crippen LogP contribution >= 0.6 is 0 Å². The number of aliphatic hydroxyl groups is 6. The molecule has 0 aromatic rings. The molecular formula is C14H26N4O11. The van der Waals surface area contributed by atoms with E-state index in [0.717, 1.165) is 0 Å². The monoisotopic (exact) mass is 426 g/mol. The summed E-state index contributed by atoms with van der Waals surface area (Å²) in [4.78, 5) is 22.9. The maximum absolute atomic E-state index is 11.4. The molecule has 0 aromatic heterocycles. The normalized spacial score (nSPS) is 42.9. The number of hydrogen-bond donors (Lipinski definition) is 10. The lowest BCUT2D eigenvalue weighted by Crippen LogP contribution is -2.63. The molecule has 2 heterocycles. The summed E-state index contributed by atoms with van der Waals surface area (Å²) < 4.78 is 15.8. The van der Waals surface area contributed by atoms with Gasteiger partial charge in [0.1, 0.15) is 36.6 Å². The van der Waals surface area contributed by atoms with Crippen molar-refractivity contribution in [2.24, 2.45) is 11.7 Å². The Morgan fingerprint density at radius 2 is 1.03 bits per heavy atom. The van der Waals surface area contributed by atoms with E-state index >= 15 is 0 Å². The second-order valence-corrected chi connectivity index (χ2v) is 6.71. The summed E-state index contributed by atoms with van der Waals surface area (Å²) in [7, 11) is 0. The van der Waals surface area contributed by atoms with Gasteiger partial charge in [-0.15, -0.1) is 0 Å². The summed E-state index contributed by atoms with van der Waals surface area (Å²) in [5.41, 5.74) is 3.63. The lowest BCUT2D eigenvalue weighted by molar-refractivity contribution is -0.373. The molecular weight excluding hydrogens is 400 g/mol. The highest BCUT2D eigenvalue weighted by molar-refractivity contribution is 5.76. The van der Waals surface area contributed by atoms with Gasteiger partial charge in [0.25, 0.3) is 0 Å². The standard InChI is InChI=1S/C14H26N4O11/c15-17-5(19)1-3-7(21)9(23)11(25)13(27-3)29-14-12(26)10(24)8(22)4(28-14)2-6(20)18-16/h3-4,7-14,21-26H,1-2,15-16H2,(H,17,19)(H,18,20)/t3?,4?,7-,8-,9+,10+,11?,12?,13-,14-/m1/s1. The fourth-order valence-electron chi connectivity index (χ4n) is 3.01. The average Bonchev–Trinajstić information content (AvgIpc) is 2.71.